The molecule has 3 rings (SSSR count). The molecule has 142 valence electrons. The Hall–Kier alpha value is -2.08. The van der Waals surface area contributed by atoms with Crippen LogP contribution in [0.5, 0.6) is 5.75 Å². The predicted octanol–water partition coefficient (Wildman–Crippen LogP) is 1.94. The molecule has 2 fully saturated rings. The van der Waals surface area contributed by atoms with Crippen LogP contribution >= 0.6 is 0 Å². The Labute approximate surface area is 155 Å². The quantitative estimate of drug-likeness (QED) is 0.891. The molecule has 2 aliphatic heterocycles. The third kappa shape index (κ3) is 3.56. The topological polar surface area (TPSA) is 75.9 Å². The molecule has 6 nitrogen and oxygen atoms in total. The molecule has 26 heavy (non-hydrogen) atoms. The molecule has 1 aromatic carbocycles. The van der Waals surface area contributed by atoms with Crippen molar-refractivity contribution < 1.29 is 14.3 Å². The molecule has 2 amide bonds. The lowest BCUT2D eigenvalue weighted by atomic mass is 9.91. The lowest BCUT2D eigenvalue weighted by Gasteiger charge is -2.39. The second-order valence-corrected chi connectivity index (χ2v) is 7.63. The molecule has 3 unspecified atom stereocenters. The zero-order valence-corrected chi connectivity index (χ0v) is 15.9. The maximum Gasteiger partial charge on any atom is 0.228 e. The molecule has 6 heteroatoms. The van der Waals surface area contributed by atoms with E-state index in [9.17, 15) is 9.59 Å². The monoisotopic (exact) mass is 359 g/mol. The average Bonchev–Trinajstić information content (AvgIpc) is 3.02. The van der Waals surface area contributed by atoms with E-state index < -0.39 is 0 Å². The Morgan fingerprint density at radius 1 is 1.38 bits per heavy atom. The largest absolute Gasteiger partial charge is 0.495 e. The number of hydrogen-bond acceptors (Lipinski definition) is 4. The highest BCUT2D eigenvalue weighted by atomic mass is 16.5. The minimum atomic E-state index is -0.310. The summed E-state index contributed by atoms with van der Waals surface area (Å²) in [5.41, 5.74) is 7.70. The molecule has 3 atom stereocenters. The van der Waals surface area contributed by atoms with Crippen LogP contribution in [0.4, 0.5) is 5.69 Å². The van der Waals surface area contributed by atoms with Gasteiger partial charge in [0.1, 0.15) is 5.75 Å². The van der Waals surface area contributed by atoms with Gasteiger partial charge >= 0.3 is 0 Å². The van der Waals surface area contributed by atoms with Gasteiger partial charge in [0, 0.05) is 32.1 Å². The summed E-state index contributed by atoms with van der Waals surface area (Å²) in [6, 6.07) is 5.84. The van der Waals surface area contributed by atoms with Crippen molar-refractivity contribution in [2.45, 2.75) is 39.2 Å². The van der Waals surface area contributed by atoms with Gasteiger partial charge in [-0.1, -0.05) is 13.0 Å². The number of nitrogens with two attached hydrogens (primary N) is 1. The van der Waals surface area contributed by atoms with Crippen molar-refractivity contribution in [3.63, 3.8) is 0 Å². The van der Waals surface area contributed by atoms with Gasteiger partial charge in [-0.25, -0.2) is 0 Å². The van der Waals surface area contributed by atoms with Crippen LogP contribution in [0.25, 0.3) is 0 Å². The van der Waals surface area contributed by atoms with Gasteiger partial charge in [-0.3, -0.25) is 9.59 Å². The van der Waals surface area contributed by atoms with E-state index in [4.69, 9.17) is 10.5 Å². The second kappa shape index (κ2) is 7.66. The summed E-state index contributed by atoms with van der Waals surface area (Å²) in [5.74, 6) is 0.974. The Kier molecular flexibility index (Phi) is 5.51. The lowest BCUT2D eigenvalue weighted by Crippen LogP contribution is -2.51. The number of carbonyl (C=O) groups excluding carboxylic acids is 2. The molecule has 2 heterocycles. The normalized spacial score (nSPS) is 26.3. The van der Waals surface area contributed by atoms with Gasteiger partial charge in [-0.2, -0.15) is 0 Å². The van der Waals surface area contributed by atoms with Gasteiger partial charge in [0.25, 0.3) is 0 Å². The number of piperidine rings is 1. The van der Waals surface area contributed by atoms with Crippen molar-refractivity contribution >= 4 is 17.5 Å². The number of nitrogens with zero attached hydrogens (tertiary/aromatic N) is 2. The predicted molar refractivity (Wildman–Crippen MR) is 101 cm³/mol. The van der Waals surface area contributed by atoms with Crippen LogP contribution in [0.1, 0.15) is 31.7 Å². The minimum absolute atomic E-state index is 0.0260. The third-order valence-electron chi connectivity index (χ3n) is 5.63. The molecule has 0 spiro atoms. The summed E-state index contributed by atoms with van der Waals surface area (Å²) in [4.78, 5) is 29.3. The molecular formula is C20H29N3O3. The molecule has 0 saturated carbocycles. The molecule has 0 aromatic heterocycles. The Morgan fingerprint density at radius 2 is 2.15 bits per heavy atom. The molecule has 0 bridgehead atoms. The number of aryl methyl sites for hydroxylation is 1. The van der Waals surface area contributed by atoms with Crippen molar-refractivity contribution in [2.24, 2.45) is 17.6 Å². The van der Waals surface area contributed by atoms with Gasteiger partial charge in [0.2, 0.25) is 11.8 Å². The molecule has 2 aliphatic rings. The van der Waals surface area contributed by atoms with E-state index in [0.29, 0.717) is 24.8 Å². The van der Waals surface area contributed by atoms with Crippen LogP contribution in [-0.2, 0) is 9.59 Å². The number of ether oxygens (including phenoxy) is 1. The van der Waals surface area contributed by atoms with Crippen LogP contribution in [0.2, 0.25) is 0 Å². The summed E-state index contributed by atoms with van der Waals surface area (Å²) in [5, 5.41) is 0. The summed E-state index contributed by atoms with van der Waals surface area (Å²) in [6.07, 6.45) is 2.19. The first-order chi connectivity index (χ1) is 12.4. The summed E-state index contributed by atoms with van der Waals surface area (Å²) in [6.45, 7) is 5.80. The highest BCUT2D eigenvalue weighted by Crippen LogP contribution is 2.35. The van der Waals surface area contributed by atoms with Crippen LogP contribution in [0, 0.1) is 18.8 Å². The number of amides is 2. The van der Waals surface area contributed by atoms with E-state index in [0.717, 1.165) is 30.6 Å². The van der Waals surface area contributed by atoms with Gasteiger partial charge in [-0.15, -0.1) is 0 Å². The highest BCUT2D eigenvalue weighted by Gasteiger charge is 2.40. The first-order valence-corrected chi connectivity index (χ1v) is 9.40. The van der Waals surface area contributed by atoms with E-state index in [1.54, 1.807) is 12.0 Å². The van der Waals surface area contributed by atoms with Crippen molar-refractivity contribution in [1.29, 1.82) is 0 Å². The van der Waals surface area contributed by atoms with Crippen LogP contribution in [-0.4, -0.2) is 49.5 Å². The fourth-order valence-electron chi connectivity index (χ4n) is 4.12. The molecule has 1 aromatic rings. The zero-order valence-electron chi connectivity index (χ0n) is 15.9. The van der Waals surface area contributed by atoms with Crippen molar-refractivity contribution in [3.8, 4) is 5.75 Å². The Morgan fingerprint density at radius 3 is 2.85 bits per heavy atom. The highest BCUT2D eigenvalue weighted by molar-refractivity contribution is 6.01. The maximum atomic E-state index is 13.1. The zero-order chi connectivity index (χ0) is 18.8. The number of anilines is 1. The molecular weight excluding hydrogens is 330 g/mol. The number of likely N-dealkylation sites (tertiary alicyclic amines) is 1. The summed E-state index contributed by atoms with van der Waals surface area (Å²) < 4.78 is 5.41. The fourth-order valence-corrected chi connectivity index (χ4v) is 4.12. The molecule has 0 radical (unpaired) electrons. The SMILES string of the molecule is COc1ccc(C)cc1N1CC(C(=O)N2CCC(C)CC2CN)CC1=O. The number of rotatable bonds is 4. The van der Waals surface area contributed by atoms with E-state index in [-0.39, 0.29) is 30.2 Å². The minimum Gasteiger partial charge on any atom is -0.495 e. The number of hydrogen-bond donors (Lipinski definition) is 1. The van der Waals surface area contributed by atoms with Crippen LogP contribution < -0.4 is 15.4 Å². The van der Waals surface area contributed by atoms with Gasteiger partial charge in [-0.05, 0) is 43.4 Å². The Balaban J connectivity index is 1.77. The van der Waals surface area contributed by atoms with Gasteiger partial charge < -0.3 is 20.3 Å². The number of methoxy groups -OCH3 is 1. The van der Waals surface area contributed by atoms with Crippen molar-refractivity contribution in [2.75, 3.05) is 31.6 Å². The molecule has 0 aliphatic carbocycles. The maximum absolute atomic E-state index is 13.1. The van der Waals surface area contributed by atoms with E-state index >= 15 is 0 Å². The molecule has 2 saturated heterocycles. The van der Waals surface area contributed by atoms with Crippen LogP contribution in [0.3, 0.4) is 0 Å². The summed E-state index contributed by atoms with van der Waals surface area (Å²) in [7, 11) is 1.60. The van der Waals surface area contributed by atoms with E-state index in [2.05, 4.69) is 6.92 Å². The fraction of sp³-hybridized carbons (Fsp3) is 0.600. The first-order valence-electron chi connectivity index (χ1n) is 9.40. The third-order valence-corrected chi connectivity index (χ3v) is 5.63. The first kappa shape index (κ1) is 18.7. The standard InChI is InChI=1S/C20H29N3O3/c1-13-4-5-18(26-3)17(9-13)23-12-15(10-19(23)24)20(25)22-7-6-14(2)8-16(22)11-21/h4-5,9,14-16H,6-8,10-12,21H2,1-3H3. The van der Waals surface area contributed by atoms with Crippen molar-refractivity contribution in [3.05, 3.63) is 23.8 Å². The lowest BCUT2D eigenvalue weighted by molar-refractivity contribution is -0.139. The molecule has 2 N–H and O–H groups in total. The van der Waals surface area contributed by atoms with Gasteiger partial charge in [0.15, 0.2) is 0 Å². The van der Waals surface area contributed by atoms with Crippen molar-refractivity contribution in [1.82, 2.24) is 4.90 Å². The number of benzene rings is 1. The average molecular weight is 359 g/mol. The van der Waals surface area contributed by atoms with E-state index in [1.165, 1.54) is 0 Å². The van der Waals surface area contributed by atoms with Gasteiger partial charge in [0.05, 0.1) is 18.7 Å². The number of carbonyl (C=O) groups is 2. The second-order valence-electron chi connectivity index (χ2n) is 7.63. The summed E-state index contributed by atoms with van der Waals surface area (Å²) >= 11 is 0. The Bertz CT molecular complexity index is 691. The smallest absolute Gasteiger partial charge is 0.228 e. The van der Waals surface area contributed by atoms with E-state index in [1.807, 2.05) is 30.0 Å². The van der Waals surface area contributed by atoms with Crippen LogP contribution in [0.15, 0.2) is 18.2 Å².